The Morgan fingerprint density at radius 3 is 2.41 bits per heavy atom. The quantitative estimate of drug-likeness (QED) is 0.293. The van der Waals surface area contributed by atoms with Gasteiger partial charge in [-0.25, -0.2) is 13.2 Å². The standard InChI is InChI=1S/C31H41F3O7/c1-6-8-9-10-25(39)40-16-23(37)31(41-24(38)7-2)17(3)13-18-19-14-20(32)26-27(33)21(35)11-12-28(26,4)30(19,34)22(36)15-29(18,31)5/h11-12,17-20,22,36H,6-10,13-16H2,1-5H3/t17-,18-,19-,20-,22-,28-,29-,30-,31+/m0/s1. The van der Waals surface area contributed by atoms with Crippen molar-refractivity contribution in [1.82, 2.24) is 0 Å². The number of ether oxygens (including phenoxy) is 2. The smallest absolute Gasteiger partial charge is 0.306 e. The molecule has 0 unspecified atom stereocenters. The van der Waals surface area contributed by atoms with Crippen LogP contribution in [-0.4, -0.2) is 58.8 Å². The van der Waals surface area contributed by atoms with Crippen molar-refractivity contribution in [2.75, 3.05) is 6.61 Å². The number of hydrogen-bond acceptors (Lipinski definition) is 7. The second-order valence-corrected chi connectivity index (χ2v) is 12.7. The molecule has 3 saturated carbocycles. The third-order valence-electron chi connectivity index (χ3n) is 10.6. The van der Waals surface area contributed by atoms with Gasteiger partial charge in [0.25, 0.3) is 0 Å². The van der Waals surface area contributed by atoms with Crippen LogP contribution in [0.3, 0.4) is 0 Å². The van der Waals surface area contributed by atoms with Crippen molar-refractivity contribution in [3.63, 3.8) is 0 Å². The summed E-state index contributed by atoms with van der Waals surface area (Å²) in [5.41, 5.74) is -8.34. The maximum atomic E-state index is 17.5. The fraction of sp³-hybridized carbons (Fsp3) is 0.742. The summed E-state index contributed by atoms with van der Waals surface area (Å²) in [4.78, 5) is 51.1. The van der Waals surface area contributed by atoms with Crippen molar-refractivity contribution in [3.05, 3.63) is 23.6 Å². The maximum absolute atomic E-state index is 17.5. The topological polar surface area (TPSA) is 107 Å². The third kappa shape index (κ3) is 4.41. The van der Waals surface area contributed by atoms with Crippen molar-refractivity contribution in [3.8, 4) is 0 Å². The molecule has 0 aromatic heterocycles. The second kappa shape index (κ2) is 11.0. The molecule has 10 heteroatoms. The van der Waals surface area contributed by atoms with Gasteiger partial charge >= 0.3 is 11.9 Å². The minimum Gasteiger partial charge on any atom is -0.457 e. The molecule has 4 aliphatic carbocycles. The summed E-state index contributed by atoms with van der Waals surface area (Å²) in [7, 11) is 0. The summed E-state index contributed by atoms with van der Waals surface area (Å²) in [5, 5.41) is 11.6. The van der Waals surface area contributed by atoms with E-state index in [1.54, 1.807) is 20.8 Å². The molecule has 4 rings (SSSR count). The van der Waals surface area contributed by atoms with Crippen LogP contribution in [-0.2, 0) is 28.7 Å². The molecule has 0 aromatic rings. The Kier molecular flexibility index (Phi) is 8.41. The molecule has 0 saturated heterocycles. The number of aliphatic hydroxyl groups is 1. The number of halogens is 3. The molecule has 3 fully saturated rings. The summed E-state index contributed by atoms with van der Waals surface area (Å²) in [6.07, 6.45) is -0.136. The molecule has 1 N–H and O–H groups in total. The Balaban J connectivity index is 1.76. The summed E-state index contributed by atoms with van der Waals surface area (Å²) in [6.45, 7) is 7.49. The molecule has 0 radical (unpaired) electrons. The Labute approximate surface area is 238 Å². The first-order valence-corrected chi connectivity index (χ1v) is 14.7. The van der Waals surface area contributed by atoms with Crippen LogP contribution in [0.15, 0.2) is 23.6 Å². The Hall–Kier alpha value is -2.49. The van der Waals surface area contributed by atoms with Crippen molar-refractivity contribution < 1.29 is 46.9 Å². The lowest BCUT2D eigenvalue weighted by molar-refractivity contribution is -0.232. The molecule has 0 aromatic carbocycles. The third-order valence-corrected chi connectivity index (χ3v) is 10.6. The van der Waals surface area contributed by atoms with E-state index in [4.69, 9.17) is 9.47 Å². The number of carbonyl (C=O) groups is 4. The molecule has 9 atom stereocenters. The number of allylic oxidation sites excluding steroid dienone is 4. The lowest BCUT2D eigenvalue weighted by Crippen LogP contribution is -2.71. The summed E-state index contributed by atoms with van der Waals surface area (Å²) < 4.78 is 59.4. The van der Waals surface area contributed by atoms with E-state index in [1.165, 1.54) is 6.92 Å². The normalized spacial score (nSPS) is 41.4. The monoisotopic (exact) mass is 582 g/mol. The van der Waals surface area contributed by atoms with Gasteiger partial charge in [0.1, 0.15) is 6.17 Å². The zero-order valence-corrected chi connectivity index (χ0v) is 24.4. The highest BCUT2D eigenvalue weighted by molar-refractivity contribution is 6.04. The molecule has 4 aliphatic rings. The fourth-order valence-corrected chi connectivity index (χ4v) is 8.58. The van der Waals surface area contributed by atoms with E-state index in [1.807, 2.05) is 6.92 Å². The van der Waals surface area contributed by atoms with Crippen LogP contribution >= 0.6 is 0 Å². The number of hydrogen-bond donors (Lipinski definition) is 1. The van der Waals surface area contributed by atoms with Crippen molar-refractivity contribution >= 4 is 23.5 Å². The van der Waals surface area contributed by atoms with Crippen LogP contribution in [0, 0.1) is 28.6 Å². The number of esters is 2. The van der Waals surface area contributed by atoms with E-state index in [2.05, 4.69) is 0 Å². The highest BCUT2D eigenvalue weighted by atomic mass is 19.2. The highest BCUT2D eigenvalue weighted by Gasteiger charge is 2.78. The highest BCUT2D eigenvalue weighted by Crippen LogP contribution is 2.72. The first-order valence-electron chi connectivity index (χ1n) is 14.7. The van der Waals surface area contributed by atoms with Gasteiger partial charge in [-0.2, -0.15) is 0 Å². The number of ketones is 2. The van der Waals surface area contributed by atoms with Crippen LogP contribution in [0.1, 0.15) is 86.0 Å². The van der Waals surface area contributed by atoms with E-state index < -0.39 is 100 Å². The van der Waals surface area contributed by atoms with E-state index in [0.717, 1.165) is 25.0 Å². The molecule has 0 amide bonds. The fourth-order valence-electron chi connectivity index (χ4n) is 8.58. The van der Waals surface area contributed by atoms with E-state index in [0.29, 0.717) is 6.42 Å². The average Bonchev–Trinajstić information content (AvgIpc) is 3.13. The van der Waals surface area contributed by atoms with Gasteiger partial charge in [-0.3, -0.25) is 19.2 Å². The minimum absolute atomic E-state index is 0.0603. The number of rotatable bonds is 9. The maximum Gasteiger partial charge on any atom is 0.306 e. The summed E-state index contributed by atoms with van der Waals surface area (Å²) in [6, 6.07) is 0. The zero-order chi connectivity index (χ0) is 30.5. The van der Waals surface area contributed by atoms with Gasteiger partial charge in [0.05, 0.1) is 6.10 Å². The van der Waals surface area contributed by atoms with Crippen molar-refractivity contribution in [2.45, 2.75) is 110 Å². The minimum atomic E-state index is -2.57. The number of fused-ring (bicyclic) bond motifs is 5. The number of carbonyl (C=O) groups excluding carboxylic acids is 4. The predicted octanol–water partition coefficient (Wildman–Crippen LogP) is 5.23. The second-order valence-electron chi connectivity index (χ2n) is 12.7. The Morgan fingerprint density at radius 1 is 1.10 bits per heavy atom. The van der Waals surface area contributed by atoms with Gasteiger partial charge in [0.15, 0.2) is 23.7 Å². The van der Waals surface area contributed by atoms with E-state index >= 15 is 8.78 Å². The lowest BCUT2D eigenvalue weighted by atomic mass is 9.44. The summed E-state index contributed by atoms with van der Waals surface area (Å²) >= 11 is 0. The molecule has 228 valence electrons. The molecule has 0 aliphatic heterocycles. The Bertz CT molecular complexity index is 1180. The average molecular weight is 583 g/mol. The van der Waals surface area contributed by atoms with Gasteiger partial charge in [0.2, 0.25) is 11.6 Å². The SMILES string of the molecule is CCCCCC(=O)OCC(=O)[C@]1(OC(=O)CC)[C@@H](C)C[C@H]2[C@@H]3C[C@H](F)C4=C(F)C(=O)C=C[C@]4(C)[C@@]3(F)[C@@H](O)C[C@@]21C. The van der Waals surface area contributed by atoms with Crippen molar-refractivity contribution in [2.24, 2.45) is 28.6 Å². The van der Waals surface area contributed by atoms with Crippen LogP contribution in [0.25, 0.3) is 0 Å². The van der Waals surface area contributed by atoms with E-state index in [9.17, 15) is 28.7 Å². The van der Waals surface area contributed by atoms with Gasteiger partial charge < -0.3 is 14.6 Å². The van der Waals surface area contributed by atoms with Crippen LogP contribution in [0.2, 0.25) is 0 Å². The molecule has 41 heavy (non-hydrogen) atoms. The Morgan fingerprint density at radius 2 is 1.78 bits per heavy atom. The largest absolute Gasteiger partial charge is 0.457 e. The first-order chi connectivity index (χ1) is 19.1. The van der Waals surface area contributed by atoms with Gasteiger partial charge in [-0.15, -0.1) is 0 Å². The molecular weight excluding hydrogens is 541 g/mol. The van der Waals surface area contributed by atoms with Crippen LogP contribution < -0.4 is 0 Å². The summed E-state index contributed by atoms with van der Waals surface area (Å²) in [5.74, 6) is -6.96. The molecule has 0 bridgehead atoms. The molecule has 0 heterocycles. The number of alkyl halides is 2. The first kappa shape index (κ1) is 31.4. The lowest BCUT2D eigenvalue weighted by Gasteiger charge is -2.63. The molecular formula is C31H41F3O7. The molecule has 0 spiro atoms. The van der Waals surface area contributed by atoms with Crippen LogP contribution in [0.5, 0.6) is 0 Å². The van der Waals surface area contributed by atoms with Gasteiger partial charge in [-0.05, 0) is 44.6 Å². The number of Topliss-reactive ketones (excluding diaryl/α,β-unsaturated/α-hetero) is 1. The zero-order valence-electron chi connectivity index (χ0n) is 24.4. The van der Waals surface area contributed by atoms with Gasteiger partial charge in [-0.1, -0.05) is 46.6 Å². The van der Waals surface area contributed by atoms with Gasteiger partial charge in [0, 0.05) is 41.1 Å². The number of unbranched alkanes of at least 4 members (excludes halogenated alkanes) is 2. The predicted molar refractivity (Wildman–Crippen MR) is 142 cm³/mol. The molecule has 7 nitrogen and oxygen atoms in total. The van der Waals surface area contributed by atoms with Crippen LogP contribution in [0.4, 0.5) is 13.2 Å². The number of aliphatic hydroxyl groups excluding tert-OH is 1. The van der Waals surface area contributed by atoms with E-state index in [-0.39, 0.29) is 25.7 Å². The van der Waals surface area contributed by atoms with Crippen molar-refractivity contribution in [1.29, 1.82) is 0 Å².